The molecular weight excluding hydrogens is 405 g/mol. The van der Waals surface area contributed by atoms with Crippen LogP contribution in [0.2, 0.25) is 0 Å². The number of nitrogens with one attached hydrogen (secondary N) is 2. The molecular formula is C17H30IN3O2. The number of halogens is 1. The molecule has 0 saturated carbocycles. The van der Waals surface area contributed by atoms with Crippen molar-refractivity contribution in [2.75, 3.05) is 40.5 Å². The minimum Gasteiger partial charge on any atom is -0.491 e. The van der Waals surface area contributed by atoms with Crippen LogP contribution >= 0.6 is 24.0 Å². The molecule has 0 heterocycles. The number of methoxy groups -OCH3 is 1. The van der Waals surface area contributed by atoms with Gasteiger partial charge in [-0.3, -0.25) is 4.99 Å². The van der Waals surface area contributed by atoms with Gasteiger partial charge in [0.05, 0.1) is 6.54 Å². The van der Waals surface area contributed by atoms with Gasteiger partial charge in [0.1, 0.15) is 12.4 Å². The van der Waals surface area contributed by atoms with E-state index in [1.54, 1.807) is 14.2 Å². The predicted molar refractivity (Wildman–Crippen MR) is 107 cm³/mol. The van der Waals surface area contributed by atoms with E-state index < -0.39 is 0 Å². The van der Waals surface area contributed by atoms with Crippen LogP contribution in [0.3, 0.4) is 0 Å². The normalized spacial score (nSPS) is 11.1. The zero-order chi connectivity index (χ0) is 16.2. The summed E-state index contributed by atoms with van der Waals surface area (Å²) >= 11 is 0. The lowest BCUT2D eigenvalue weighted by molar-refractivity contribution is 0.195. The second-order valence-corrected chi connectivity index (χ2v) is 5.31. The van der Waals surface area contributed by atoms with Crippen molar-refractivity contribution in [2.45, 2.75) is 26.2 Å². The number of para-hydroxylation sites is 1. The fourth-order valence-corrected chi connectivity index (χ4v) is 2.06. The van der Waals surface area contributed by atoms with Gasteiger partial charge >= 0.3 is 0 Å². The summed E-state index contributed by atoms with van der Waals surface area (Å²) in [6, 6.07) is 8.19. The van der Waals surface area contributed by atoms with Crippen molar-refractivity contribution in [1.29, 1.82) is 0 Å². The minimum absolute atomic E-state index is 0. The predicted octanol–water partition coefficient (Wildman–Crippen LogP) is 3.01. The molecule has 0 amide bonds. The molecule has 0 aliphatic heterocycles. The first-order chi connectivity index (χ1) is 10.7. The zero-order valence-corrected chi connectivity index (χ0v) is 16.9. The highest BCUT2D eigenvalue weighted by Crippen LogP contribution is 2.25. The molecule has 1 aromatic carbocycles. The Morgan fingerprint density at radius 3 is 2.48 bits per heavy atom. The summed E-state index contributed by atoms with van der Waals surface area (Å²) in [5.41, 5.74) is 1.24. The molecule has 0 aromatic heterocycles. The number of aliphatic imine (C=N–C) groups is 1. The van der Waals surface area contributed by atoms with E-state index in [-0.39, 0.29) is 24.0 Å². The summed E-state index contributed by atoms with van der Waals surface area (Å²) in [5.74, 6) is 2.21. The first-order valence-corrected chi connectivity index (χ1v) is 7.84. The molecule has 0 spiro atoms. The average molecular weight is 435 g/mol. The quantitative estimate of drug-likeness (QED) is 0.271. The maximum absolute atomic E-state index is 5.87. The molecule has 1 rings (SSSR count). The second kappa shape index (κ2) is 13.4. The third kappa shape index (κ3) is 9.00. The molecule has 23 heavy (non-hydrogen) atoms. The van der Waals surface area contributed by atoms with Gasteiger partial charge in [0.2, 0.25) is 0 Å². The summed E-state index contributed by atoms with van der Waals surface area (Å²) in [6.45, 7) is 7.24. The van der Waals surface area contributed by atoms with Crippen LogP contribution in [0.25, 0.3) is 0 Å². The molecule has 0 bridgehead atoms. The maximum atomic E-state index is 5.87. The largest absolute Gasteiger partial charge is 0.491 e. The van der Waals surface area contributed by atoms with Gasteiger partial charge in [0, 0.05) is 27.3 Å². The van der Waals surface area contributed by atoms with Crippen LogP contribution < -0.4 is 15.4 Å². The molecule has 0 aliphatic carbocycles. The van der Waals surface area contributed by atoms with Crippen molar-refractivity contribution < 1.29 is 9.47 Å². The first-order valence-electron chi connectivity index (χ1n) is 7.84. The Morgan fingerprint density at radius 1 is 1.13 bits per heavy atom. The standard InChI is InChI=1S/C17H29N3O2.HI/c1-14(2)15-8-5-6-9-16(15)22-13-11-20-17(18-3)19-10-7-12-21-4;/h5-6,8-9,14H,7,10-13H2,1-4H3,(H2,18,19,20);1H. The maximum Gasteiger partial charge on any atom is 0.191 e. The van der Waals surface area contributed by atoms with Crippen molar-refractivity contribution in [2.24, 2.45) is 4.99 Å². The number of rotatable bonds is 9. The van der Waals surface area contributed by atoms with Crippen molar-refractivity contribution in [3.63, 3.8) is 0 Å². The Morgan fingerprint density at radius 2 is 1.83 bits per heavy atom. The summed E-state index contributed by atoms with van der Waals surface area (Å²) in [5, 5.41) is 6.47. The van der Waals surface area contributed by atoms with Gasteiger partial charge in [-0.05, 0) is 24.0 Å². The zero-order valence-electron chi connectivity index (χ0n) is 14.6. The minimum atomic E-state index is 0. The summed E-state index contributed by atoms with van der Waals surface area (Å²) in [6.07, 6.45) is 0.954. The third-order valence-electron chi connectivity index (χ3n) is 3.23. The molecule has 0 saturated heterocycles. The van der Waals surface area contributed by atoms with E-state index in [1.807, 2.05) is 18.2 Å². The molecule has 0 atom stereocenters. The molecule has 6 heteroatoms. The molecule has 2 N–H and O–H groups in total. The van der Waals surface area contributed by atoms with Crippen LogP contribution in [0.4, 0.5) is 0 Å². The molecule has 0 unspecified atom stereocenters. The van der Waals surface area contributed by atoms with Crippen molar-refractivity contribution in [3.05, 3.63) is 29.8 Å². The highest BCUT2D eigenvalue weighted by atomic mass is 127. The Labute approximate surface area is 157 Å². The summed E-state index contributed by atoms with van der Waals surface area (Å²) < 4.78 is 10.9. The van der Waals surface area contributed by atoms with Gasteiger partial charge in [-0.15, -0.1) is 24.0 Å². The lowest BCUT2D eigenvalue weighted by atomic mass is 10.0. The van der Waals surface area contributed by atoms with Gasteiger partial charge in [-0.1, -0.05) is 32.0 Å². The summed E-state index contributed by atoms with van der Waals surface area (Å²) in [4.78, 5) is 4.17. The number of nitrogens with zero attached hydrogens (tertiary/aromatic N) is 1. The Bertz CT molecular complexity index is 453. The van der Waals surface area contributed by atoms with Crippen molar-refractivity contribution >= 4 is 29.9 Å². The smallest absolute Gasteiger partial charge is 0.191 e. The number of guanidine groups is 1. The van der Waals surface area contributed by atoms with E-state index in [2.05, 4.69) is 35.5 Å². The van der Waals surface area contributed by atoms with Crippen LogP contribution in [0.1, 0.15) is 31.7 Å². The van der Waals surface area contributed by atoms with Crippen LogP contribution in [0, 0.1) is 0 Å². The number of benzene rings is 1. The van der Waals surface area contributed by atoms with Gasteiger partial charge in [0.25, 0.3) is 0 Å². The molecule has 0 fully saturated rings. The number of hydrogen-bond donors (Lipinski definition) is 2. The van der Waals surface area contributed by atoms with Crippen LogP contribution in [0.5, 0.6) is 5.75 Å². The van der Waals surface area contributed by atoms with Gasteiger partial charge in [-0.2, -0.15) is 0 Å². The molecule has 1 aromatic rings. The fraction of sp³-hybridized carbons (Fsp3) is 0.588. The van der Waals surface area contributed by atoms with Gasteiger partial charge < -0.3 is 20.1 Å². The van der Waals surface area contributed by atoms with E-state index >= 15 is 0 Å². The lowest BCUT2D eigenvalue weighted by Crippen LogP contribution is -2.39. The Kier molecular flexibility index (Phi) is 12.8. The van der Waals surface area contributed by atoms with Gasteiger partial charge in [-0.25, -0.2) is 0 Å². The van der Waals surface area contributed by atoms with E-state index in [0.29, 0.717) is 19.1 Å². The highest BCUT2D eigenvalue weighted by Gasteiger charge is 2.06. The van der Waals surface area contributed by atoms with Crippen molar-refractivity contribution in [3.8, 4) is 5.75 Å². The first kappa shape index (κ1) is 22.0. The fourth-order valence-electron chi connectivity index (χ4n) is 2.06. The van der Waals surface area contributed by atoms with E-state index in [0.717, 1.165) is 31.3 Å². The van der Waals surface area contributed by atoms with E-state index in [4.69, 9.17) is 9.47 Å². The monoisotopic (exact) mass is 435 g/mol. The Hall–Kier alpha value is -1.02. The third-order valence-corrected chi connectivity index (χ3v) is 3.23. The topological polar surface area (TPSA) is 54.9 Å². The van der Waals surface area contributed by atoms with E-state index in [1.165, 1.54) is 5.56 Å². The SMILES string of the molecule is CN=C(NCCCOC)NCCOc1ccccc1C(C)C.I. The molecule has 0 radical (unpaired) electrons. The Balaban J connectivity index is 0.00000484. The van der Waals surface area contributed by atoms with Crippen molar-refractivity contribution in [1.82, 2.24) is 10.6 Å². The summed E-state index contributed by atoms with van der Waals surface area (Å²) in [7, 11) is 3.47. The molecule has 132 valence electrons. The highest BCUT2D eigenvalue weighted by molar-refractivity contribution is 14.0. The molecule has 0 aliphatic rings. The molecule has 5 nitrogen and oxygen atoms in total. The number of hydrogen-bond acceptors (Lipinski definition) is 3. The number of ether oxygens (including phenoxy) is 2. The van der Waals surface area contributed by atoms with Crippen LogP contribution in [-0.4, -0.2) is 46.4 Å². The second-order valence-electron chi connectivity index (χ2n) is 5.31. The van der Waals surface area contributed by atoms with Gasteiger partial charge in [0.15, 0.2) is 5.96 Å². The lowest BCUT2D eigenvalue weighted by Gasteiger charge is -2.15. The average Bonchev–Trinajstić information content (AvgIpc) is 2.53. The van der Waals surface area contributed by atoms with E-state index in [9.17, 15) is 0 Å². The van der Waals surface area contributed by atoms with Crippen LogP contribution in [-0.2, 0) is 4.74 Å². The van der Waals surface area contributed by atoms with Crippen LogP contribution in [0.15, 0.2) is 29.3 Å².